The van der Waals surface area contributed by atoms with E-state index >= 15 is 0 Å². The summed E-state index contributed by atoms with van der Waals surface area (Å²) < 4.78 is 11.5. The van der Waals surface area contributed by atoms with Crippen molar-refractivity contribution in [3.63, 3.8) is 0 Å². The Morgan fingerprint density at radius 3 is 2.78 bits per heavy atom. The molecule has 3 nitrogen and oxygen atoms in total. The minimum atomic E-state index is 0.670. The van der Waals surface area contributed by atoms with Gasteiger partial charge in [-0.25, -0.2) is 0 Å². The number of aryl methyl sites for hydroxylation is 1. The molecule has 1 aromatic rings. The fraction of sp³-hybridized carbons (Fsp3) is 0.600. The molecule has 98 valence electrons. The first kappa shape index (κ1) is 11.8. The number of hydrogen-bond donors (Lipinski definition) is 1. The Hall–Kier alpha value is -1.22. The minimum absolute atomic E-state index is 0.670. The van der Waals surface area contributed by atoms with Gasteiger partial charge in [0.15, 0.2) is 11.5 Å². The van der Waals surface area contributed by atoms with Gasteiger partial charge in [0.2, 0.25) is 0 Å². The number of benzene rings is 1. The number of piperidine rings is 1. The molecule has 2 aliphatic heterocycles. The predicted octanol–water partition coefficient (Wildman–Crippen LogP) is 2.31. The number of ether oxygens (including phenoxy) is 2. The van der Waals surface area contributed by atoms with E-state index < -0.39 is 0 Å². The average Bonchev–Trinajstić information content (AvgIpc) is 2.40. The van der Waals surface area contributed by atoms with Gasteiger partial charge in [-0.15, -0.1) is 0 Å². The molecule has 0 spiro atoms. The van der Waals surface area contributed by atoms with Crippen LogP contribution in [0.2, 0.25) is 0 Å². The van der Waals surface area contributed by atoms with E-state index in [1.54, 1.807) is 0 Å². The third kappa shape index (κ3) is 2.46. The molecule has 0 radical (unpaired) electrons. The van der Waals surface area contributed by atoms with Crippen LogP contribution in [-0.2, 0) is 6.42 Å². The third-order valence-electron chi connectivity index (χ3n) is 3.83. The van der Waals surface area contributed by atoms with Crippen LogP contribution in [0.25, 0.3) is 0 Å². The van der Waals surface area contributed by atoms with Crippen molar-refractivity contribution < 1.29 is 9.47 Å². The molecular weight excluding hydrogens is 226 g/mol. The maximum Gasteiger partial charge on any atom is 0.164 e. The summed E-state index contributed by atoms with van der Waals surface area (Å²) in [5, 5.41) is 3.42. The number of rotatable bonds is 2. The summed E-state index contributed by atoms with van der Waals surface area (Å²) in [7, 11) is 0. The normalized spacial score (nSPS) is 19.8. The quantitative estimate of drug-likeness (QED) is 0.870. The summed E-state index contributed by atoms with van der Waals surface area (Å²) in [6.45, 7) is 5.77. The fourth-order valence-electron chi connectivity index (χ4n) is 2.93. The minimum Gasteiger partial charge on any atom is -0.486 e. The van der Waals surface area contributed by atoms with Gasteiger partial charge in [0, 0.05) is 0 Å². The Labute approximate surface area is 108 Å². The zero-order valence-corrected chi connectivity index (χ0v) is 11.0. The molecule has 1 saturated heterocycles. The summed E-state index contributed by atoms with van der Waals surface area (Å²) in [6, 6.07) is 4.34. The van der Waals surface area contributed by atoms with Gasteiger partial charge in [0.05, 0.1) is 0 Å². The SMILES string of the molecule is Cc1cc(CC2CCNCC2)c2c(c1)OCCO2. The Balaban J connectivity index is 1.83. The summed E-state index contributed by atoms with van der Waals surface area (Å²) in [6.07, 6.45) is 3.65. The average molecular weight is 247 g/mol. The van der Waals surface area contributed by atoms with Gasteiger partial charge in [-0.1, -0.05) is 6.07 Å². The molecule has 1 N–H and O–H groups in total. The molecule has 0 atom stereocenters. The Bertz CT molecular complexity index is 425. The van der Waals surface area contributed by atoms with Crippen molar-refractivity contribution >= 4 is 0 Å². The highest BCUT2D eigenvalue weighted by Gasteiger charge is 2.20. The topological polar surface area (TPSA) is 30.5 Å². The highest BCUT2D eigenvalue weighted by atomic mass is 16.6. The maximum atomic E-state index is 5.81. The summed E-state index contributed by atoms with van der Waals surface area (Å²) in [5.41, 5.74) is 2.60. The van der Waals surface area contributed by atoms with Crippen LogP contribution >= 0.6 is 0 Å². The van der Waals surface area contributed by atoms with Crippen LogP contribution in [0.4, 0.5) is 0 Å². The highest BCUT2D eigenvalue weighted by molar-refractivity contribution is 5.50. The molecule has 3 rings (SSSR count). The van der Waals surface area contributed by atoms with Crippen LogP contribution in [-0.4, -0.2) is 26.3 Å². The lowest BCUT2D eigenvalue weighted by Crippen LogP contribution is -2.29. The van der Waals surface area contributed by atoms with Crippen LogP contribution < -0.4 is 14.8 Å². The van der Waals surface area contributed by atoms with Crippen molar-refractivity contribution in [2.75, 3.05) is 26.3 Å². The maximum absolute atomic E-state index is 5.81. The first-order chi connectivity index (χ1) is 8.83. The summed E-state index contributed by atoms with van der Waals surface area (Å²) in [5.74, 6) is 2.71. The van der Waals surface area contributed by atoms with Crippen LogP contribution in [0.3, 0.4) is 0 Å². The van der Waals surface area contributed by atoms with Crippen LogP contribution in [0, 0.1) is 12.8 Å². The van der Waals surface area contributed by atoms with Gasteiger partial charge in [0.1, 0.15) is 13.2 Å². The van der Waals surface area contributed by atoms with E-state index in [9.17, 15) is 0 Å². The van der Waals surface area contributed by atoms with E-state index in [0.29, 0.717) is 13.2 Å². The van der Waals surface area contributed by atoms with Gasteiger partial charge in [0.25, 0.3) is 0 Å². The van der Waals surface area contributed by atoms with E-state index in [1.807, 2.05) is 0 Å². The first-order valence-corrected chi connectivity index (χ1v) is 6.93. The third-order valence-corrected chi connectivity index (χ3v) is 3.83. The number of hydrogen-bond acceptors (Lipinski definition) is 3. The molecule has 1 aromatic carbocycles. The van der Waals surface area contributed by atoms with Crippen LogP contribution in [0.15, 0.2) is 12.1 Å². The molecule has 3 heteroatoms. The predicted molar refractivity (Wildman–Crippen MR) is 71.5 cm³/mol. The Kier molecular flexibility index (Phi) is 3.41. The van der Waals surface area contributed by atoms with Crippen molar-refractivity contribution in [3.05, 3.63) is 23.3 Å². The van der Waals surface area contributed by atoms with Crippen LogP contribution in [0.1, 0.15) is 24.0 Å². The summed E-state index contributed by atoms with van der Waals surface area (Å²) in [4.78, 5) is 0. The van der Waals surface area contributed by atoms with Crippen molar-refractivity contribution in [1.29, 1.82) is 0 Å². The second kappa shape index (κ2) is 5.19. The van der Waals surface area contributed by atoms with Gasteiger partial charge in [-0.2, -0.15) is 0 Å². The molecule has 0 unspecified atom stereocenters. The van der Waals surface area contributed by atoms with Gasteiger partial charge >= 0.3 is 0 Å². The zero-order chi connectivity index (χ0) is 12.4. The van der Waals surface area contributed by atoms with Crippen LogP contribution in [0.5, 0.6) is 11.5 Å². The van der Waals surface area contributed by atoms with E-state index in [2.05, 4.69) is 24.4 Å². The smallest absolute Gasteiger partial charge is 0.164 e. The van der Waals surface area contributed by atoms with E-state index in [4.69, 9.17) is 9.47 Å². The zero-order valence-electron chi connectivity index (χ0n) is 11.0. The van der Waals surface area contributed by atoms with Gasteiger partial charge in [-0.3, -0.25) is 0 Å². The highest BCUT2D eigenvalue weighted by Crippen LogP contribution is 2.37. The first-order valence-electron chi connectivity index (χ1n) is 6.93. The molecule has 2 heterocycles. The molecule has 0 aliphatic carbocycles. The molecule has 2 aliphatic rings. The van der Waals surface area contributed by atoms with Crippen molar-refractivity contribution in [3.8, 4) is 11.5 Å². The number of nitrogens with one attached hydrogen (secondary N) is 1. The molecule has 0 amide bonds. The number of fused-ring (bicyclic) bond motifs is 1. The molecule has 0 aromatic heterocycles. The van der Waals surface area contributed by atoms with E-state index in [-0.39, 0.29) is 0 Å². The second-order valence-corrected chi connectivity index (χ2v) is 5.35. The molecule has 0 saturated carbocycles. The van der Waals surface area contributed by atoms with E-state index in [1.165, 1.54) is 24.0 Å². The van der Waals surface area contributed by atoms with Gasteiger partial charge in [-0.05, 0) is 62.4 Å². The molecular formula is C15H21NO2. The van der Waals surface area contributed by atoms with Crippen molar-refractivity contribution in [1.82, 2.24) is 5.32 Å². The lowest BCUT2D eigenvalue weighted by molar-refractivity contribution is 0.169. The fourth-order valence-corrected chi connectivity index (χ4v) is 2.93. The van der Waals surface area contributed by atoms with E-state index in [0.717, 1.165) is 36.9 Å². The van der Waals surface area contributed by atoms with Crippen molar-refractivity contribution in [2.45, 2.75) is 26.2 Å². The molecule has 1 fully saturated rings. The largest absolute Gasteiger partial charge is 0.486 e. The van der Waals surface area contributed by atoms with Gasteiger partial charge < -0.3 is 14.8 Å². The Morgan fingerprint density at radius 2 is 1.94 bits per heavy atom. The Morgan fingerprint density at radius 1 is 1.17 bits per heavy atom. The molecule has 0 bridgehead atoms. The lowest BCUT2D eigenvalue weighted by atomic mass is 9.90. The molecule has 18 heavy (non-hydrogen) atoms. The monoisotopic (exact) mass is 247 g/mol. The van der Waals surface area contributed by atoms with Crippen molar-refractivity contribution in [2.24, 2.45) is 5.92 Å². The lowest BCUT2D eigenvalue weighted by Gasteiger charge is -2.26. The second-order valence-electron chi connectivity index (χ2n) is 5.35. The summed E-state index contributed by atoms with van der Waals surface area (Å²) >= 11 is 0. The standard InChI is InChI=1S/C15H21NO2/c1-11-8-13(10-12-2-4-16-5-3-12)15-14(9-11)17-6-7-18-15/h8-9,12,16H,2-7,10H2,1H3.